The minimum atomic E-state index is -0.184. The van der Waals surface area contributed by atoms with Gasteiger partial charge >= 0.3 is 0 Å². The number of amides is 1. The molecule has 0 unspecified atom stereocenters. The lowest BCUT2D eigenvalue weighted by atomic mass is 9.70. The lowest BCUT2D eigenvalue weighted by Crippen LogP contribution is -2.50. The average molecular weight is 294 g/mol. The third-order valence-corrected chi connectivity index (χ3v) is 6.41. The number of carbonyl (C=O) groups excluding carboxylic acids is 1. The first-order valence-corrected chi connectivity index (χ1v) is 8.74. The number of aliphatic hydroxyl groups excluding tert-OH is 1. The van der Waals surface area contributed by atoms with Crippen LogP contribution in [0.3, 0.4) is 0 Å². The van der Waals surface area contributed by atoms with E-state index in [1.807, 2.05) is 7.05 Å². The van der Waals surface area contributed by atoms with Crippen LogP contribution in [0.1, 0.15) is 51.9 Å². The molecule has 0 aromatic rings. The van der Waals surface area contributed by atoms with Crippen LogP contribution in [0.2, 0.25) is 0 Å². The van der Waals surface area contributed by atoms with Gasteiger partial charge in [0.2, 0.25) is 5.91 Å². The van der Waals surface area contributed by atoms with Crippen LogP contribution >= 0.6 is 0 Å². The predicted molar refractivity (Wildman–Crippen MR) is 82.9 cm³/mol. The maximum atomic E-state index is 13.0. The quantitative estimate of drug-likeness (QED) is 0.813. The number of rotatable bonds is 6. The number of nitrogens with zero attached hydrogens (tertiary/aromatic N) is 2. The zero-order valence-corrected chi connectivity index (χ0v) is 13.6. The van der Waals surface area contributed by atoms with E-state index in [4.69, 9.17) is 5.11 Å². The fourth-order valence-corrected chi connectivity index (χ4v) is 4.95. The van der Waals surface area contributed by atoms with Crippen molar-refractivity contribution in [1.82, 2.24) is 9.80 Å². The smallest absolute Gasteiger partial charge is 0.230 e. The van der Waals surface area contributed by atoms with Crippen LogP contribution in [-0.2, 0) is 4.79 Å². The molecule has 4 heteroatoms. The highest BCUT2D eigenvalue weighted by Crippen LogP contribution is 2.53. The summed E-state index contributed by atoms with van der Waals surface area (Å²) in [6.07, 6.45) is 8.59. The molecule has 2 bridgehead atoms. The van der Waals surface area contributed by atoms with Gasteiger partial charge in [0.15, 0.2) is 0 Å². The Bertz CT molecular complexity index is 396. The van der Waals surface area contributed by atoms with Crippen molar-refractivity contribution in [3.8, 4) is 0 Å². The van der Waals surface area contributed by atoms with Gasteiger partial charge in [-0.3, -0.25) is 9.69 Å². The molecule has 120 valence electrons. The lowest BCUT2D eigenvalue weighted by Gasteiger charge is -2.39. The molecule has 0 radical (unpaired) electrons. The molecule has 3 atom stereocenters. The molecule has 21 heavy (non-hydrogen) atoms. The van der Waals surface area contributed by atoms with Crippen molar-refractivity contribution in [3.63, 3.8) is 0 Å². The topological polar surface area (TPSA) is 43.8 Å². The van der Waals surface area contributed by atoms with Crippen LogP contribution < -0.4 is 0 Å². The van der Waals surface area contributed by atoms with Gasteiger partial charge in [-0.05, 0) is 44.4 Å². The molecule has 2 heterocycles. The first-order chi connectivity index (χ1) is 10.1. The minimum Gasteiger partial charge on any atom is -0.395 e. The van der Waals surface area contributed by atoms with Crippen molar-refractivity contribution >= 4 is 5.91 Å². The van der Waals surface area contributed by atoms with Gasteiger partial charge in [0, 0.05) is 32.2 Å². The average Bonchev–Trinajstić information content (AvgIpc) is 2.97. The Morgan fingerprint density at radius 2 is 2.10 bits per heavy atom. The highest BCUT2D eigenvalue weighted by atomic mass is 16.3. The van der Waals surface area contributed by atoms with Gasteiger partial charge in [-0.25, -0.2) is 0 Å². The first-order valence-electron chi connectivity index (χ1n) is 8.74. The standard InChI is InChI=1S/C17H30N2O2/c1-3-17(16(21)18(2)9-10-20)11-14-7-8-15(17)19(14)12-13-5-4-6-13/h13-15,20H,3-12H2,1-2H3/t14-,15+,17+/m1/s1. The van der Waals surface area contributed by atoms with Gasteiger partial charge in [0.25, 0.3) is 0 Å². The SMILES string of the molecule is CC[C@]1(C(=O)N(C)CCO)C[C@H]2CC[C@@H]1N2CC1CCC1. The number of carbonyl (C=O) groups is 1. The molecule has 0 spiro atoms. The minimum absolute atomic E-state index is 0.0575. The Hall–Kier alpha value is -0.610. The van der Waals surface area contributed by atoms with Crippen molar-refractivity contribution in [2.24, 2.45) is 11.3 Å². The second-order valence-electron chi connectivity index (χ2n) is 7.40. The Balaban J connectivity index is 1.75. The van der Waals surface area contributed by atoms with Crippen LogP contribution in [0.5, 0.6) is 0 Å². The van der Waals surface area contributed by atoms with E-state index in [9.17, 15) is 4.79 Å². The van der Waals surface area contributed by atoms with E-state index in [1.165, 1.54) is 38.6 Å². The fourth-order valence-electron chi connectivity index (χ4n) is 4.95. The Labute approximate surface area is 128 Å². The van der Waals surface area contributed by atoms with E-state index in [-0.39, 0.29) is 17.9 Å². The molecule has 2 aliphatic heterocycles. The summed E-state index contributed by atoms with van der Waals surface area (Å²) < 4.78 is 0. The normalized spacial score (nSPS) is 36.0. The van der Waals surface area contributed by atoms with Crippen LogP contribution in [-0.4, -0.2) is 59.6 Å². The third kappa shape index (κ3) is 2.40. The van der Waals surface area contributed by atoms with Crippen LogP contribution in [0.15, 0.2) is 0 Å². The van der Waals surface area contributed by atoms with Crippen molar-refractivity contribution < 1.29 is 9.90 Å². The van der Waals surface area contributed by atoms with E-state index in [0.717, 1.165) is 18.8 Å². The van der Waals surface area contributed by atoms with E-state index >= 15 is 0 Å². The van der Waals surface area contributed by atoms with Crippen molar-refractivity contribution in [3.05, 3.63) is 0 Å². The predicted octanol–water partition coefficient (Wildman–Crippen LogP) is 1.87. The molecular formula is C17H30N2O2. The summed E-state index contributed by atoms with van der Waals surface area (Å²) in [6.45, 7) is 3.91. The second-order valence-corrected chi connectivity index (χ2v) is 7.40. The van der Waals surface area contributed by atoms with Gasteiger partial charge in [0.05, 0.1) is 12.0 Å². The number of likely N-dealkylation sites (N-methyl/N-ethyl adjacent to an activating group) is 1. The number of fused-ring (bicyclic) bond motifs is 2. The Morgan fingerprint density at radius 3 is 2.67 bits per heavy atom. The van der Waals surface area contributed by atoms with Crippen molar-refractivity contribution in [1.29, 1.82) is 0 Å². The summed E-state index contributed by atoms with van der Waals surface area (Å²) >= 11 is 0. The van der Waals surface area contributed by atoms with Crippen LogP contribution in [0, 0.1) is 11.3 Å². The molecule has 1 saturated carbocycles. The number of aliphatic hydroxyl groups is 1. The van der Waals surface area contributed by atoms with Crippen LogP contribution in [0.25, 0.3) is 0 Å². The molecular weight excluding hydrogens is 264 g/mol. The highest BCUT2D eigenvalue weighted by molar-refractivity contribution is 5.84. The zero-order chi connectivity index (χ0) is 15.0. The third-order valence-electron chi connectivity index (χ3n) is 6.41. The fraction of sp³-hybridized carbons (Fsp3) is 0.941. The van der Waals surface area contributed by atoms with E-state index < -0.39 is 0 Å². The summed E-state index contributed by atoms with van der Waals surface area (Å²) in [6, 6.07) is 1.07. The van der Waals surface area contributed by atoms with E-state index in [2.05, 4.69) is 11.8 Å². The van der Waals surface area contributed by atoms with Crippen molar-refractivity contribution in [2.45, 2.75) is 64.0 Å². The zero-order valence-electron chi connectivity index (χ0n) is 13.6. The summed E-state index contributed by atoms with van der Waals surface area (Å²) in [5, 5.41) is 9.12. The van der Waals surface area contributed by atoms with E-state index in [1.54, 1.807) is 4.90 Å². The molecule has 0 aromatic carbocycles. The van der Waals surface area contributed by atoms with E-state index in [0.29, 0.717) is 18.6 Å². The summed E-state index contributed by atoms with van der Waals surface area (Å²) in [5.41, 5.74) is -0.184. The number of hydrogen-bond acceptors (Lipinski definition) is 3. The summed E-state index contributed by atoms with van der Waals surface area (Å²) in [5.74, 6) is 1.15. The molecule has 3 fully saturated rings. The molecule has 0 aromatic heterocycles. The summed E-state index contributed by atoms with van der Waals surface area (Å²) in [4.78, 5) is 17.4. The summed E-state index contributed by atoms with van der Waals surface area (Å²) in [7, 11) is 1.85. The molecule has 1 aliphatic carbocycles. The van der Waals surface area contributed by atoms with Crippen molar-refractivity contribution in [2.75, 3.05) is 26.7 Å². The molecule has 2 saturated heterocycles. The Kier molecular flexibility index (Phi) is 4.28. The molecule has 3 aliphatic rings. The number of hydrogen-bond donors (Lipinski definition) is 1. The van der Waals surface area contributed by atoms with Gasteiger partial charge in [-0.1, -0.05) is 13.3 Å². The monoisotopic (exact) mass is 294 g/mol. The van der Waals surface area contributed by atoms with Crippen LogP contribution in [0.4, 0.5) is 0 Å². The van der Waals surface area contributed by atoms with Gasteiger partial charge in [-0.15, -0.1) is 0 Å². The molecule has 4 nitrogen and oxygen atoms in total. The van der Waals surface area contributed by atoms with Gasteiger partial charge in [0.1, 0.15) is 0 Å². The Morgan fingerprint density at radius 1 is 1.33 bits per heavy atom. The maximum absolute atomic E-state index is 13.0. The second kappa shape index (κ2) is 5.88. The highest BCUT2D eigenvalue weighted by Gasteiger charge is 2.59. The largest absolute Gasteiger partial charge is 0.395 e. The van der Waals surface area contributed by atoms with Gasteiger partial charge in [-0.2, -0.15) is 0 Å². The molecule has 1 amide bonds. The first kappa shape index (κ1) is 15.3. The maximum Gasteiger partial charge on any atom is 0.230 e. The van der Waals surface area contributed by atoms with Gasteiger partial charge < -0.3 is 10.0 Å². The molecule has 3 rings (SSSR count). The molecule has 1 N–H and O–H groups in total. The lowest BCUT2D eigenvalue weighted by molar-refractivity contribution is -0.143.